The number of hydrogen-bond acceptors (Lipinski definition) is 4. The Bertz CT molecular complexity index is 1340. The molecule has 0 bridgehead atoms. The van der Waals surface area contributed by atoms with E-state index in [-0.39, 0.29) is 18.3 Å². The normalized spacial score (nSPS) is 19.2. The Kier molecular flexibility index (Phi) is 7.85. The molecule has 0 spiro atoms. The molecule has 1 aliphatic heterocycles. The number of aliphatic carboxylic acids is 1. The highest BCUT2D eigenvalue weighted by molar-refractivity contribution is 6.05. The standard InChI is InChI=1S/C30H33FN2O5/c1-18(2)33-24(15-14-22-16-23(17-25(34)35)38-30(3,4)37-22)26(20-10-12-21(31)13-11-20)27(28(33)29(32)36)19-8-6-5-7-9-19/h5-15,18,22-23H,16-17H2,1-4H3,(H2,32,36)(H,34,35)/t22-,23+/m0/s1. The zero-order valence-electron chi connectivity index (χ0n) is 22.0. The Balaban J connectivity index is 1.93. The summed E-state index contributed by atoms with van der Waals surface area (Å²) in [5.41, 5.74) is 9.96. The fraction of sp³-hybridized carbons (Fsp3) is 0.333. The van der Waals surface area contributed by atoms with Crippen molar-refractivity contribution in [3.05, 3.63) is 77.9 Å². The van der Waals surface area contributed by atoms with Gasteiger partial charge >= 0.3 is 5.97 Å². The molecule has 8 heteroatoms. The lowest BCUT2D eigenvalue weighted by Gasteiger charge is -2.39. The third-order valence-electron chi connectivity index (χ3n) is 6.44. The third-order valence-corrected chi connectivity index (χ3v) is 6.44. The van der Waals surface area contributed by atoms with E-state index in [0.717, 1.165) is 16.7 Å². The van der Waals surface area contributed by atoms with Gasteiger partial charge in [-0.15, -0.1) is 0 Å². The van der Waals surface area contributed by atoms with Gasteiger partial charge in [-0.05, 0) is 57.0 Å². The van der Waals surface area contributed by atoms with Gasteiger partial charge in [0.15, 0.2) is 5.79 Å². The van der Waals surface area contributed by atoms with Gasteiger partial charge in [0, 0.05) is 29.3 Å². The van der Waals surface area contributed by atoms with Crippen molar-refractivity contribution in [2.24, 2.45) is 5.73 Å². The Morgan fingerprint density at radius 2 is 1.71 bits per heavy atom. The van der Waals surface area contributed by atoms with Crippen LogP contribution in [-0.4, -0.2) is 39.5 Å². The monoisotopic (exact) mass is 520 g/mol. The zero-order valence-corrected chi connectivity index (χ0v) is 22.0. The molecule has 0 radical (unpaired) electrons. The molecule has 3 aromatic rings. The number of carboxylic acid groups (broad SMARTS) is 1. The summed E-state index contributed by atoms with van der Waals surface area (Å²) in [7, 11) is 0. The van der Waals surface area contributed by atoms with Crippen LogP contribution in [0.3, 0.4) is 0 Å². The highest BCUT2D eigenvalue weighted by Crippen LogP contribution is 2.42. The SMILES string of the molecule is CC(C)n1c(C=C[C@H]2C[C@H](CC(=O)O)OC(C)(C)O2)c(-c2ccc(F)cc2)c(-c2ccccc2)c1C(N)=O. The molecule has 1 saturated heterocycles. The molecule has 200 valence electrons. The summed E-state index contributed by atoms with van der Waals surface area (Å²) in [6.07, 6.45) is 3.01. The largest absolute Gasteiger partial charge is 0.481 e. The molecule has 4 rings (SSSR count). The van der Waals surface area contributed by atoms with Crippen LogP contribution in [0.4, 0.5) is 4.39 Å². The number of amides is 1. The minimum atomic E-state index is -0.971. The van der Waals surface area contributed by atoms with Crippen molar-refractivity contribution in [1.29, 1.82) is 0 Å². The van der Waals surface area contributed by atoms with Crippen LogP contribution in [-0.2, 0) is 14.3 Å². The van der Waals surface area contributed by atoms with E-state index < -0.39 is 29.9 Å². The first kappa shape index (κ1) is 27.3. The molecule has 0 saturated carbocycles. The molecule has 7 nitrogen and oxygen atoms in total. The van der Waals surface area contributed by atoms with Crippen LogP contribution in [0.2, 0.25) is 0 Å². The van der Waals surface area contributed by atoms with Gasteiger partial charge in [0.2, 0.25) is 0 Å². The summed E-state index contributed by atoms with van der Waals surface area (Å²) < 4.78 is 27.7. The molecule has 1 amide bonds. The summed E-state index contributed by atoms with van der Waals surface area (Å²) in [4.78, 5) is 24.3. The van der Waals surface area contributed by atoms with Crippen molar-refractivity contribution in [1.82, 2.24) is 4.57 Å². The Morgan fingerprint density at radius 1 is 1.08 bits per heavy atom. The summed E-state index contributed by atoms with van der Waals surface area (Å²) >= 11 is 0. The van der Waals surface area contributed by atoms with Crippen molar-refractivity contribution in [3.63, 3.8) is 0 Å². The average molecular weight is 521 g/mol. The van der Waals surface area contributed by atoms with Crippen LogP contribution in [0.1, 0.15) is 62.8 Å². The summed E-state index contributed by atoms with van der Waals surface area (Å²) in [5, 5.41) is 9.29. The van der Waals surface area contributed by atoms with Crippen molar-refractivity contribution in [2.45, 2.75) is 64.6 Å². The number of benzene rings is 2. The lowest BCUT2D eigenvalue weighted by atomic mass is 9.94. The predicted octanol–water partition coefficient (Wildman–Crippen LogP) is 6.04. The zero-order chi connectivity index (χ0) is 27.6. The second-order valence-electron chi connectivity index (χ2n) is 10.2. The maximum absolute atomic E-state index is 13.9. The number of hydrogen-bond donors (Lipinski definition) is 2. The van der Waals surface area contributed by atoms with E-state index in [9.17, 15) is 19.1 Å². The van der Waals surface area contributed by atoms with Crippen LogP contribution >= 0.6 is 0 Å². The number of halogens is 1. The van der Waals surface area contributed by atoms with Crippen molar-refractivity contribution in [3.8, 4) is 22.3 Å². The molecule has 1 fully saturated rings. The fourth-order valence-electron chi connectivity index (χ4n) is 5.13. The molecular formula is C30H33FN2O5. The first-order valence-electron chi connectivity index (χ1n) is 12.6. The van der Waals surface area contributed by atoms with E-state index >= 15 is 0 Å². The second kappa shape index (κ2) is 10.9. The highest BCUT2D eigenvalue weighted by atomic mass is 19.1. The fourth-order valence-corrected chi connectivity index (χ4v) is 5.13. The van der Waals surface area contributed by atoms with E-state index in [4.69, 9.17) is 15.2 Å². The molecule has 3 N–H and O–H groups in total. The molecule has 2 atom stereocenters. The minimum Gasteiger partial charge on any atom is -0.481 e. The Hall–Kier alpha value is -3.75. The first-order chi connectivity index (χ1) is 18.0. The van der Waals surface area contributed by atoms with Gasteiger partial charge < -0.3 is 24.9 Å². The molecule has 2 aromatic carbocycles. The van der Waals surface area contributed by atoms with Crippen LogP contribution in [0, 0.1) is 5.82 Å². The van der Waals surface area contributed by atoms with E-state index in [1.165, 1.54) is 12.1 Å². The molecule has 38 heavy (non-hydrogen) atoms. The van der Waals surface area contributed by atoms with Crippen molar-refractivity contribution < 1.29 is 28.6 Å². The quantitative estimate of drug-likeness (QED) is 0.377. The number of ether oxygens (including phenoxy) is 2. The van der Waals surface area contributed by atoms with Gasteiger partial charge in [-0.3, -0.25) is 9.59 Å². The molecule has 0 aliphatic carbocycles. The Morgan fingerprint density at radius 3 is 2.29 bits per heavy atom. The molecule has 1 aromatic heterocycles. The average Bonchev–Trinajstić information content (AvgIpc) is 3.18. The van der Waals surface area contributed by atoms with Gasteiger partial charge in [-0.1, -0.05) is 48.5 Å². The molecule has 0 unspecified atom stereocenters. The van der Waals surface area contributed by atoms with Crippen LogP contribution in [0.25, 0.3) is 28.3 Å². The number of aromatic nitrogens is 1. The van der Waals surface area contributed by atoms with Crippen LogP contribution in [0.5, 0.6) is 0 Å². The number of carboxylic acids is 1. The van der Waals surface area contributed by atoms with Crippen LogP contribution < -0.4 is 5.73 Å². The summed E-state index contributed by atoms with van der Waals surface area (Å²) in [6, 6.07) is 15.5. The number of carbonyl (C=O) groups excluding carboxylic acids is 1. The smallest absolute Gasteiger partial charge is 0.305 e. The highest BCUT2D eigenvalue weighted by Gasteiger charge is 2.36. The van der Waals surface area contributed by atoms with Crippen molar-refractivity contribution >= 4 is 18.0 Å². The Labute approximate surface area is 221 Å². The van der Waals surface area contributed by atoms with Crippen molar-refractivity contribution in [2.75, 3.05) is 0 Å². The van der Waals surface area contributed by atoms with Gasteiger partial charge in [0.05, 0.1) is 18.6 Å². The van der Waals surface area contributed by atoms with E-state index in [0.29, 0.717) is 23.4 Å². The number of primary amides is 1. The third kappa shape index (κ3) is 5.87. The van der Waals surface area contributed by atoms with E-state index in [2.05, 4.69) is 0 Å². The van der Waals surface area contributed by atoms with E-state index in [1.807, 2.05) is 60.9 Å². The van der Waals surface area contributed by atoms with Crippen LogP contribution in [0.15, 0.2) is 60.7 Å². The number of nitrogens with zero attached hydrogens (tertiary/aromatic N) is 1. The lowest BCUT2D eigenvalue weighted by molar-refractivity contribution is -0.290. The van der Waals surface area contributed by atoms with Gasteiger partial charge in [-0.2, -0.15) is 0 Å². The summed E-state index contributed by atoms with van der Waals surface area (Å²) in [6.45, 7) is 7.43. The minimum absolute atomic E-state index is 0.135. The number of nitrogens with two attached hydrogens (primary N) is 1. The maximum atomic E-state index is 13.9. The molecule has 2 heterocycles. The lowest BCUT2D eigenvalue weighted by Crippen LogP contribution is -2.44. The number of carbonyl (C=O) groups is 2. The van der Waals surface area contributed by atoms with Gasteiger partial charge in [-0.25, -0.2) is 4.39 Å². The second-order valence-corrected chi connectivity index (χ2v) is 10.2. The van der Waals surface area contributed by atoms with E-state index in [1.54, 1.807) is 26.0 Å². The first-order valence-corrected chi connectivity index (χ1v) is 12.6. The summed E-state index contributed by atoms with van der Waals surface area (Å²) in [5.74, 6) is -2.86. The van der Waals surface area contributed by atoms with Gasteiger partial charge in [0.25, 0.3) is 5.91 Å². The predicted molar refractivity (Wildman–Crippen MR) is 144 cm³/mol. The molecular weight excluding hydrogens is 487 g/mol. The van der Waals surface area contributed by atoms with Gasteiger partial charge in [0.1, 0.15) is 11.5 Å². The maximum Gasteiger partial charge on any atom is 0.305 e. The molecule has 1 aliphatic rings. The number of rotatable bonds is 8. The topological polar surface area (TPSA) is 104 Å².